The summed E-state index contributed by atoms with van der Waals surface area (Å²) in [6, 6.07) is 75.7. The van der Waals surface area contributed by atoms with E-state index in [0.29, 0.717) is 0 Å². The number of aromatic nitrogens is 2. The highest BCUT2D eigenvalue weighted by molar-refractivity contribution is 7.25. The quantitative estimate of drug-likeness (QED) is 0.166. The Balaban J connectivity index is 0.995. The predicted octanol–water partition coefficient (Wildman–Crippen LogP) is 15.2. The summed E-state index contributed by atoms with van der Waals surface area (Å²) in [6.07, 6.45) is 0. The highest BCUT2D eigenvalue weighted by Gasteiger charge is 2.17. The van der Waals surface area contributed by atoms with E-state index in [2.05, 4.69) is 215 Å². The molecule has 0 atom stereocenters. The van der Waals surface area contributed by atoms with Crippen LogP contribution in [-0.4, -0.2) is 9.13 Å². The molecule has 57 heavy (non-hydrogen) atoms. The first-order chi connectivity index (χ1) is 28.2. The molecule has 0 aliphatic rings. The van der Waals surface area contributed by atoms with Crippen molar-refractivity contribution >= 4 is 75.1 Å². The first-order valence-electron chi connectivity index (χ1n) is 19.5. The molecule has 0 aliphatic heterocycles. The summed E-state index contributed by atoms with van der Waals surface area (Å²) in [5, 5.41) is 7.62. The van der Waals surface area contributed by atoms with Gasteiger partial charge >= 0.3 is 0 Å². The van der Waals surface area contributed by atoms with Gasteiger partial charge in [-0.2, -0.15) is 0 Å². The van der Waals surface area contributed by atoms with Gasteiger partial charge in [0.05, 0.1) is 22.1 Å². The molecule has 2 nitrogen and oxygen atoms in total. The number of fused-ring (bicyclic) bond motifs is 9. The molecule has 12 rings (SSSR count). The Hall–Kier alpha value is -7.20. The monoisotopic (exact) mass is 742 g/mol. The van der Waals surface area contributed by atoms with Crippen LogP contribution in [0, 0.1) is 0 Å². The van der Waals surface area contributed by atoms with Gasteiger partial charge in [-0.1, -0.05) is 127 Å². The van der Waals surface area contributed by atoms with Crippen molar-refractivity contribution in [2.45, 2.75) is 0 Å². The summed E-state index contributed by atoms with van der Waals surface area (Å²) >= 11 is 1.87. The number of rotatable bonds is 5. The Bertz CT molecular complexity index is 3510. The Morgan fingerprint density at radius 1 is 0.246 bits per heavy atom. The van der Waals surface area contributed by atoms with E-state index in [1.807, 2.05) is 11.3 Å². The van der Waals surface area contributed by atoms with E-state index in [-0.39, 0.29) is 0 Å². The zero-order valence-corrected chi connectivity index (χ0v) is 31.7. The van der Waals surface area contributed by atoms with Gasteiger partial charge in [0.25, 0.3) is 0 Å². The lowest BCUT2D eigenvalue weighted by molar-refractivity contribution is 1.18. The molecule has 12 aromatic rings. The molecule has 0 aliphatic carbocycles. The summed E-state index contributed by atoms with van der Waals surface area (Å²) in [6.45, 7) is 0. The molecule has 0 saturated carbocycles. The Morgan fingerprint density at radius 2 is 0.667 bits per heavy atom. The van der Waals surface area contributed by atoms with Gasteiger partial charge in [-0.05, 0) is 112 Å². The van der Waals surface area contributed by atoms with E-state index in [1.54, 1.807) is 0 Å². The second-order valence-corrected chi connectivity index (χ2v) is 16.0. The number of benzene rings is 9. The van der Waals surface area contributed by atoms with Gasteiger partial charge in [0.1, 0.15) is 0 Å². The summed E-state index contributed by atoms with van der Waals surface area (Å²) in [5.41, 5.74) is 14.5. The third-order valence-electron chi connectivity index (χ3n) is 11.7. The van der Waals surface area contributed by atoms with Gasteiger partial charge in [0, 0.05) is 53.1 Å². The first kappa shape index (κ1) is 32.1. The fraction of sp³-hybridized carbons (Fsp3) is 0. The molecule has 3 aromatic heterocycles. The maximum atomic E-state index is 2.44. The van der Waals surface area contributed by atoms with Crippen LogP contribution in [0.25, 0.3) is 109 Å². The zero-order chi connectivity index (χ0) is 37.5. The molecule has 0 saturated heterocycles. The first-order valence-corrected chi connectivity index (χ1v) is 20.3. The van der Waals surface area contributed by atoms with E-state index in [9.17, 15) is 0 Å². The van der Waals surface area contributed by atoms with Crippen LogP contribution < -0.4 is 0 Å². The third-order valence-corrected chi connectivity index (χ3v) is 12.9. The minimum Gasteiger partial charge on any atom is -0.309 e. The van der Waals surface area contributed by atoms with Crippen LogP contribution in [0.2, 0.25) is 0 Å². The topological polar surface area (TPSA) is 9.86 Å². The molecule has 0 fully saturated rings. The van der Waals surface area contributed by atoms with Crippen molar-refractivity contribution in [3.63, 3.8) is 0 Å². The molecular formula is C54H34N2S. The summed E-state index contributed by atoms with van der Waals surface area (Å²) < 4.78 is 7.48. The van der Waals surface area contributed by atoms with E-state index in [0.717, 1.165) is 5.69 Å². The normalized spacial score (nSPS) is 11.9. The minimum absolute atomic E-state index is 1.16. The second-order valence-electron chi connectivity index (χ2n) is 14.9. The lowest BCUT2D eigenvalue weighted by atomic mass is 10.0. The molecule has 0 N–H and O–H groups in total. The third kappa shape index (κ3) is 5.10. The summed E-state index contributed by atoms with van der Waals surface area (Å²) in [5.74, 6) is 0. The lowest BCUT2D eigenvalue weighted by Gasteiger charge is -2.11. The molecule has 0 bridgehead atoms. The van der Waals surface area contributed by atoms with Crippen molar-refractivity contribution in [2.75, 3.05) is 0 Å². The number of hydrogen-bond donors (Lipinski definition) is 0. The van der Waals surface area contributed by atoms with Gasteiger partial charge in [-0.15, -0.1) is 11.3 Å². The summed E-state index contributed by atoms with van der Waals surface area (Å²) in [7, 11) is 0. The Kier molecular flexibility index (Phi) is 7.13. The van der Waals surface area contributed by atoms with Gasteiger partial charge in [0.15, 0.2) is 0 Å². The average molecular weight is 743 g/mol. The number of thiophene rings is 1. The van der Waals surface area contributed by atoms with Crippen molar-refractivity contribution < 1.29 is 0 Å². The number of nitrogens with zero attached hydrogens (tertiary/aromatic N) is 2. The van der Waals surface area contributed by atoms with Crippen LogP contribution in [0.15, 0.2) is 206 Å². The predicted molar refractivity (Wildman–Crippen MR) is 244 cm³/mol. The van der Waals surface area contributed by atoms with Gasteiger partial charge < -0.3 is 9.13 Å². The van der Waals surface area contributed by atoms with E-state index in [4.69, 9.17) is 0 Å². The Labute approximate surface area is 333 Å². The molecule has 266 valence electrons. The minimum atomic E-state index is 1.16. The van der Waals surface area contributed by atoms with Crippen molar-refractivity contribution in [2.24, 2.45) is 0 Å². The van der Waals surface area contributed by atoms with Crippen molar-refractivity contribution in [3.05, 3.63) is 206 Å². The smallest absolute Gasteiger partial charge is 0.0541 e. The van der Waals surface area contributed by atoms with Crippen LogP contribution in [0.3, 0.4) is 0 Å². The van der Waals surface area contributed by atoms with Gasteiger partial charge in [-0.25, -0.2) is 0 Å². The van der Waals surface area contributed by atoms with Crippen molar-refractivity contribution in [1.82, 2.24) is 9.13 Å². The second kappa shape index (κ2) is 12.7. The van der Waals surface area contributed by atoms with Crippen LogP contribution in [0.1, 0.15) is 0 Å². The Morgan fingerprint density at radius 3 is 1.28 bits per heavy atom. The molecule has 0 radical (unpaired) electrons. The van der Waals surface area contributed by atoms with Crippen LogP contribution in [0.5, 0.6) is 0 Å². The maximum absolute atomic E-state index is 2.44. The molecule has 9 aromatic carbocycles. The largest absolute Gasteiger partial charge is 0.309 e. The van der Waals surface area contributed by atoms with Gasteiger partial charge in [-0.3, -0.25) is 0 Å². The van der Waals surface area contributed by atoms with Crippen molar-refractivity contribution in [3.8, 4) is 44.8 Å². The highest BCUT2D eigenvalue weighted by Crippen LogP contribution is 2.41. The molecule has 0 amide bonds. The lowest BCUT2D eigenvalue weighted by Crippen LogP contribution is -1.94. The molecule has 3 heteroatoms. The van der Waals surface area contributed by atoms with Crippen LogP contribution >= 0.6 is 11.3 Å². The SMILES string of the molecule is c1ccc(-c2cccc(-n3c4ccccc4c4cc(-c5ccc6c(c5)c5ccccc5n6-c5ccc6sc7ccc(-c8ccccc8)cc7c6c5)ccc43)c2)cc1. The van der Waals surface area contributed by atoms with E-state index in [1.165, 1.54) is 103 Å². The fourth-order valence-corrected chi connectivity index (χ4v) is 10.1. The van der Waals surface area contributed by atoms with Crippen molar-refractivity contribution in [1.29, 1.82) is 0 Å². The zero-order valence-electron chi connectivity index (χ0n) is 30.9. The van der Waals surface area contributed by atoms with Crippen LogP contribution in [0.4, 0.5) is 0 Å². The fourth-order valence-electron chi connectivity index (χ4n) is 9.03. The molecule has 3 heterocycles. The van der Waals surface area contributed by atoms with E-state index >= 15 is 0 Å². The number of para-hydroxylation sites is 2. The molecular weight excluding hydrogens is 709 g/mol. The van der Waals surface area contributed by atoms with Crippen LogP contribution in [-0.2, 0) is 0 Å². The number of hydrogen-bond acceptors (Lipinski definition) is 1. The van der Waals surface area contributed by atoms with Gasteiger partial charge in [0.2, 0.25) is 0 Å². The highest BCUT2D eigenvalue weighted by atomic mass is 32.1. The molecule has 0 spiro atoms. The maximum Gasteiger partial charge on any atom is 0.0541 e. The van der Waals surface area contributed by atoms with E-state index < -0.39 is 0 Å². The molecule has 0 unspecified atom stereocenters. The standard InChI is InChI=1S/C54H34N2S/c1-3-12-35(13-4-1)37-16-11-17-41(30-37)55-49-20-9-7-18-43(49)45-31-39(22-26-51(45)55)40-23-27-52-46(32-40)44-19-8-10-21-50(44)56(52)42-25-29-54-48(34-42)47-33-38(24-28-53(47)57-54)36-14-5-2-6-15-36/h1-34H. The summed E-state index contributed by atoms with van der Waals surface area (Å²) in [4.78, 5) is 0. The average Bonchev–Trinajstić information content (AvgIpc) is 3.93.